The SMILES string of the molecule is CCOc1cc(NCc2cccc(-c3ccccc3)c2C)c(C)cc1CNC(CO)C(=O)O. The summed E-state index contributed by atoms with van der Waals surface area (Å²) in [5.74, 6) is -0.395. The van der Waals surface area contributed by atoms with Crippen LogP contribution in [0.4, 0.5) is 5.69 Å². The van der Waals surface area contributed by atoms with Crippen LogP contribution in [0.25, 0.3) is 11.1 Å². The summed E-state index contributed by atoms with van der Waals surface area (Å²) in [6.45, 7) is 7.04. The first-order chi connectivity index (χ1) is 15.9. The van der Waals surface area contributed by atoms with Crippen molar-refractivity contribution in [1.29, 1.82) is 0 Å². The van der Waals surface area contributed by atoms with Crippen molar-refractivity contribution in [3.8, 4) is 16.9 Å². The second kappa shape index (κ2) is 11.5. The summed E-state index contributed by atoms with van der Waals surface area (Å²) in [5, 5.41) is 24.8. The highest BCUT2D eigenvalue weighted by atomic mass is 16.5. The Hall–Kier alpha value is -3.35. The number of carboxylic acids is 1. The largest absolute Gasteiger partial charge is 0.493 e. The van der Waals surface area contributed by atoms with Gasteiger partial charge in [0, 0.05) is 30.4 Å². The van der Waals surface area contributed by atoms with Gasteiger partial charge < -0.3 is 20.3 Å². The van der Waals surface area contributed by atoms with E-state index >= 15 is 0 Å². The molecule has 6 nitrogen and oxygen atoms in total. The number of carboxylic acid groups (broad SMARTS) is 1. The highest BCUT2D eigenvalue weighted by Crippen LogP contribution is 2.30. The Morgan fingerprint density at radius 1 is 1.00 bits per heavy atom. The summed E-state index contributed by atoms with van der Waals surface area (Å²) >= 11 is 0. The van der Waals surface area contributed by atoms with Gasteiger partial charge in [0.1, 0.15) is 11.8 Å². The van der Waals surface area contributed by atoms with Crippen molar-refractivity contribution in [2.24, 2.45) is 0 Å². The maximum Gasteiger partial charge on any atom is 0.323 e. The van der Waals surface area contributed by atoms with Crippen LogP contribution >= 0.6 is 0 Å². The van der Waals surface area contributed by atoms with Gasteiger partial charge >= 0.3 is 5.97 Å². The van der Waals surface area contributed by atoms with E-state index in [9.17, 15) is 9.90 Å². The molecule has 0 saturated carbocycles. The predicted octanol–water partition coefficient (Wildman–Crippen LogP) is 4.52. The minimum absolute atomic E-state index is 0.284. The number of rotatable bonds is 11. The second-order valence-corrected chi connectivity index (χ2v) is 7.97. The molecule has 0 fully saturated rings. The molecular weight excluding hydrogens is 416 g/mol. The van der Waals surface area contributed by atoms with Gasteiger partial charge in [-0.1, -0.05) is 48.5 Å². The van der Waals surface area contributed by atoms with Crippen LogP contribution in [-0.4, -0.2) is 35.4 Å². The Morgan fingerprint density at radius 3 is 2.42 bits per heavy atom. The molecule has 0 bridgehead atoms. The average molecular weight is 449 g/mol. The van der Waals surface area contributed by atoms with E-state index in [1.807, 2.05) is 44.2 Å². The first-order valence-electron chi connectivity index (χ1n) is 11.2. The molecule has 3 aromatic rings. The molecule has 0 amide bonds. The molecule has 3 rings (SSSR count). The Bertz CT molecular complexity index is 1080. The van der Waals surface area contributed by atoms with Crippen molar-refractivity contribution in [2.45, 2.75) is 39.9 Å². The molecule has 33 heavy (non-hydrogen) atoms. The van der Waals surface area contributed by atoms with Crippen molar-refractivity contribution in [3.63, 3.8) is 0 Å². The first-order valence-corrected chi connectivity index (χ1v) is 11.2. The standard InChI is InChI=1S/C27H32N2O4/c1-4-33-26-14-24(18(2)13-22(26)16-29-25(17-30)27(31)32)28-15-21-11-8-12-23(19(21)3)20-9-6-5-7-10-20/h5-14,25,28-30H,4,15-17H2,1-3H3,(H,31,32). The van der Waals surface area contributed by atoms with Gasteiger partial charge in [0.15, 0.2) is 0 Å². The summed E-state index contributed by atoms with van der Waals surface area (Å²) < 4.78 is 5.82. The smallest absolute Gasteiger partial charge is 0.323 e. The lowest BCUT2D eigenvalue weighted by molar-refractivity contribution is -0.140. The van der Waals surface area contributed by atoms with Crippen LogP contribution in [-0.2, 0) is 17.9 Å². The van der Waals surface area contributed by atoms with Crippen LogP contribution in [0.5, 0.6) is 5.75 Å². The molecule has 3 aromatic carbocycles. The molecule has 0 radical (unpaired) electrons. The van der Waals surface area contributed by atoms with Crippen LogP contribution < -0.4 is 15.4 Å². The molecule has 0 saturated heterocycles. The normalized spacial score (nSPS) is 11.8. The third-order valence-corrected chi connectivity index (χ3v) is 5.73. The van der Waals surface area contributed by atoms with Crippen LogP contribution in [0.2, 0.25) is 0 Å². The van der Waals surface area contributed by atoms with Crippen molar-refractivity contribution < 1.29 is 19.7 Å². The van der Waals surface area contributed by atoms with E-state index in [4.69, 9.17) is 9.84 Å². The molecule has 0 heterocycles. The quantitative estimate of drug-likeness (QED) is 0.345. The lowest BCUT2D eigenvalue weighted by atomic mass is 9.96. The number of carbonyl (C=O) groups is 1. The fourth-order valence-corrected chi connectivity index (χ4v) is 3.83. The van der Waals surface area contributed by atoms with Crippen molar-refractivity contribution in [1.82, 2.24) is 5.32 Å². The lowest BCUT2D eigenvalue weighted by Gasteiger charge is -2.19. The Balaban J connectivity index is 1.79. The zero-order chi connectivity index (χ0) is 23.8. The van der Waals surface area contributed by atoms with Crippen molar-refractivity contribution in [3.05, 3.63) is 82.9 Å². The van der Waals surface area contributed by atoms with E-state index in [1.165, 1.54) is 22.3 Å². The van der Waals surface area contributed by atoms with Gasteiger partial charge in [-0.05, 0) is 54.7 Å². The van der Waals surface area contributed by atoms with Gasteiger partial charge in [-0.3, -0.25) is 10.1 Å². The van der Waals surface area contributed by atoms with Crippen molar-refractivity contribution in [2.75, 3.05) is 18.5 Å². The van der Waals surface area contributed by atoms with E-state index in [-0.39, 0.29) is 6.54 Å². The van der Waals surface area contributed by atoms with Gasteiger partial charge in [-0.2, -0.15) is 0 Å². The van der Waals surface area contributed by atoms with Crippen LogP contribution in [0, 0.1) is 13.8 Å². The number of aliphatic carboxylic acids is 1. The maximum atomic E-state index is 11.2. The van der Waals surface area contributed by atoms with Gasteiger partial charge in [-0.25, -0.2) is 0 Å². The fraction of sp³-hybridized carbons (Fsp3) is 0.296. The topological polar surface area (TPSA) is 90.8 Å². The van der Waals surface area contributed by atoms with E-state index in [0.717, 1.165) is 16.8 Å². The number of anilines is 1. The number of aliphatic hydroxyl groups excluding tert-OH is 1. The highest BCUT2D eigenvalue weighted by molar-refractivity contribution is 5.73. The summed E-state index contributed by atoms with van der Waals surface area (Å²) in [5.41, 5.74) is 7.72. The third-order valence-electron chi connectivity index (χ3n) is 5.73. The number of hydrogen-bond donors (Lipinski definition) is 4. The molecule has 0 spiro atoms. The zero-order valence-corrected chi connectivity index (χ0v) is 19.4. The number of aliphatic hydroxyl groups is 1. The molecule has 4 N–H and O–H groups in total. The van der Waals surface area contributed by atoms with Gasteiger partial charge in [0.2, 0.25) is 0 Å². The Labute approximate surface area is 195 Å². The van der Waals surface area contributed by atoms with E-state index in [2.05, 4.69) is 47.9 Å². The van der Waals surface area contributed by atoms with E-state index < -0.39 is 18.6 Å². The van der Waals surface area contributed by atoms with Crippen molar-refractivity contribution >= 4 is 11.7 Å². The van der Waals surface area contributed by atoms with Gasteiger partial charge in [-0.15, -0.1) is 0 Å². The third kappa shape index (κ3) is 6.12. The van der Waals surface area contributed by atoms with Gasteiger partial charge in [0.25, 0.3) is 0 Å². The number of nitrogens with one attached hydrogen (secondary N) is 2. The summed E-state index contributed by atoms with van der Waals surface area (Å²) in [6.07, 6.45) is 0. The predicted molar refractivity (Wildman–Crippen MR) is 132 cm³/mol. The monoisotopic (exact) mass is 448 g/mol. The minimum atomic E-state index is -1.08. The molecule has 0 aliphatic carbocycles. The molecule has 1 unspecified atom stereocenters. The highest BCUT2D eigenvalue weighted by Gasteiger charge is 2.17. The Morgan fingerprint density at radius 2 is 1.76 bits per heavy atom. The number of aryl methyl sites for hydroxylation is 1. The molecule has 0 aliphatic rings. The zero-order valence-electron chi connectivity index (χ0n) is 19.4. The fourth-order valence-electron chi connectivity index (χ4n) is 3.83. The molecule has 1 atom stereocenters. The molecule has 6 heteroatoms. The minimum Gasteiger partial charge on any atom is -0.493 e. The summed E-state index contributed by atoms with van der Waals surface area (Å²) in [4.78, 5) is 11.2. The van der Waals surface area contributed by atoms with E-state index in [1.54, 1.807) is 0 Å². The van der Waals surface area contributed by atoms with E-state index in [0.29, 0.717) is 18.9 Å². The number of benzene rings is 3. The average Bonchev–Trinajstić information content (AvgIpc) is 2.81. The Kier molecular flexibility index (Phi) is 8.46. The van der Waals surface area contributed by atoms with Crippen LogP contribution in [0.3, 0.4) is 0 Å². The maximum absolute atomic E-state index is 11.2. The molecular formula is C27H32N2O4. The molecule has 0 aliphatic heterocycles. The molecule has 174 valence electrons. The second-order valence-electron chi connectivity index (χ2n) is 7.97. The number of ether oxygens (including phenoxy) is 1. The summed E-state index contributed by atoms with van der Waals surface area (Å²) in [7, 11) is 0. The van der Waals surface area contributed by atoms with Gasteiger partial charge in [0.05, 0.1) is 13.2 Å². The summed E-state index contributed by atoms with van der Waals surface area (Å²) in [6, 6.07) is 19.7. The first kappa shape index (κ1) is 24.3. The van der Waals surface area contributed by atoms with Crippen LogP contribution in [0.1, 0.15) is 29.2 Å². The lowest BCUT2D eigenvalue weighted by Crippen LogP contribution is -2.39. The molecule has 0 aromatic heterocycles. The van der Waals surface area contributed by atoms with Crippen LogP contribution in [0.15, 0.2) is 60.7 Å². The number of hydrogen-bond acceptors (Lipinski definition) is 5.